The zero-order valence-electron chi connectivity index (χ0n) is 21.3. The number of amides is 1. The second-order valence-electron chi connectivity index (χ2n) is 10.5. The van der Waals surface area contributed by atoms with Crippen LogP contribution in [-0.4, -0.2) is 73.4 Å². The molecule has 2 saturated heterocycles. The van der Waals surface area contributed by atoms with Gasteiger partial charge in [-0.25, -0.2) is 9.37 Å². The predicted octanol–water partition coefficient (Wildman–Crippen LogP) is 4.06. The van der Waals surface area contributed by atoms with Gasteiger partial charge in [0, 0.05) is 69.0 Å². The molecule has 7 nitrogen and oxygen atoms in total. The largest absolute Gasteiger partial charge is 0.478 e. The number of anilines is 1. The number of ether oxygens (including phenoxy) is 2. The van der Waals surface area contributed by atoms with Gasteiger partial charge in [-0.15, -0.1) is 0 Å². The summed E-state index contributed by atoms with van der Waals surface area (Å²) in [7, 11) is 1.85. The number of fused-ring (bicyclic) bond motifs is 4. The van der Waals surface area contributed by atoms with Gasteiger partial charge in [-0.3, -0.25) is 9.78 Å². The lowest BCUT2D eigenvalue weighted by atomic mass is 9.74. The lowest BCUT2D eigenvalue weighted by Gasteiger charge is -2.32. The SMILES string of the molecule is CN1C(=O)C2(CCOCC2)c2c1cnc1ccc(Cc3cccc(OCCCN4CC[C@H](F)C4)n3)cc21. The van der Waals surface area contributed by atoms with Crippen molar-refractivity contribution < 1.29 is 18.7 Å². The fourth-order valence-electron chi connectivity index (χ4n) is 6.12. The van der Waals surface area contributed by atoms with Crippen LogP contribution in [-0.2, 0) is 21.4 Å². The maximum absolute atomic E-state index is 13.4. The molecule has 1 amide bonds. The lowest BCUT2D eigenvalue weighted by Crippen LogP contribution is -2.43. The monoisotopic (exact) mass is 504 g/mol. The van der Waals surface area contributed by atoms with E-state index in [1.165, 1.54) is 0 Å². The van der Waals surface area contributed by atoms with Gasteiger partial charge in [-0.05, 0) is 49.4 Å². The van der Waals surface area contributed by atoms with E-state index in [2.05, 4.69) is 22.0 Å². The first-order valence-electron chi connectivity index (χ1n) is 13.3. The van der Waals surface area contributed by atoms with Crippen molar-refractivity contribution in [1.82, 2.24) is 14.9 Å². The van der Waals surface area contributed by atoms with Gasteiger partial charge in [0.1, 0.15) is 6.17 Å². The highest BCUT2D eigenvalue weighted by Gasteiger charge is 2.51. The number of likely N-dealkylation sites (N-methyl/N-ethyl adjacent to an activating group) is 1. The van der Waals surface area contributed by atoms with E-state index in [4.69, 9.17) is 14.5 Å². The molecule has 1 spiro atoms. The maximum atomic E-state index is 13.4. The van der Waals surface area contributed by atoms with E-state index < -0.39 is 11.6 Å². The minimum Gasteiger partial charge on any atom is -0.478 e. The molecule has 0 radical (unpaired) electrons. The second kappa shape index (κ2) is 9.99. The van der Waals surface area contributed by atoms with Crippen LogP contribution in [0.2, 0.25) is 0 Å². The molecule has 1 atom stereocenters. The van der Waals surface area contributed by atoms with Crippen LogP contribution in [0, 0.1) is 0 Å². The molecule has 37 heavy (non-hydrogen) atoms. The Labute approximate surface area is 216 Å². The van der Waals surface area contributed by atoms with E-state index in [9.17, 15) is 9.18 Å². The average molecular weight is 505 g/mol. The van der Waals surface area contributed by atoms with Crippen LogP contribution in [0.3, 0.4) is 0 Å². The van der Waals surface area contributed by atoms with Crippen molar-refractivity contribution in [2.45, 2.75) is 43.7 Å². The molecule has 0 N–H and O–H groups in total. The maximum Gasteiger partial charge on any atom is 0.237 e. The smallest absolute Gasteiger partial charge is 0.237 e. The van der Waals surface area contributed by atoms with Gasteiger partial charge in [0.25, 0.3) is 0 Å². The van der Waals surface area contributed by atoms with Crippen molar-refractivity contribution in [2.24, 2.45) is 0 Å². The third-order valence-corrected chi connectivity index (χ3v) is 8.06. The Morgan fingerprint density at radius 1 is 1.22 bits per heavy atom. The summed E-state index contributed by atoms with van der Waals surface area (Å²) in [6.07, 6.45) is 4.68. The third kappa shape index (κ3) is 4.57. The lowest BCUT2D eigenvalue weighted by molar-refractivity contribution is -0.126. The fraction of sp³-hybridized carbons (Fsp3) is 0.483. The standard InChI is InChI=1S/C29H33FN4O3/c1-33-25-18-31-24-7-6-20(17-23(24)27(25)29(28(33)35)9-14-36-15-10-29)16-22-4-2-5-26(32-22)37-13-3-11-34-12-8-21(30)19-34/h2,4-7,17-18,21H,3,8-16,19H2,1H3/t21-/m0/s1. The Hall–Kier alpha value is -3.10. The van der Waals surface area contributed by atoms with Crippen LogP contribution in [0.15, 0.2) is 42.6 Å². The molecule has 8 heteroatoms. The topological polar surface area (TPSA) is 67.8 Å². The molecule has 5 heterocycles. The first-order chi connectivity index (χ1) is 18.0. The van der Waals surface area contributed by atoms with Crippen LogP contribution < -0.4 is 9.64 Å². The van der Waals surface area contributed by atoms with Gasteiger partial charge in [0.2, 0.25) is 11.8 Å². The minimum atomic E-state index is -0.685. The highest BCUT2D eigenvalue weighted by molar-refractivity contribution is 6.12. The number of likely N-dealkylation sites (tertiary alicyclic amines) is 1. The van der Waals surface area contributed by atoms with Gasteiger partial charge in [0.15, 0.2) is 0 Å². The Balaban J connectivity index is 1.20. The number of hydrogen-bond acceptors (Lipinski definition) is 6. The number of aromatic nitrogens is 2. The van der Waals surface area contributed by atoms with Gasteiger partial charge in [-0.1, -0.05) is 12.1 Å². The normalized spacial score (nSPS) is 21.2. The molecule has 2 aromatic heterocycles. The number of hydrogen-bond donors (Lipinski definition) is 0. The van der Waals surface area contributed by atoms with Crippen LogP contribution in [0.4, 0.5) is 10.1 Å². The van der Waals surface area contributed by atoms with E-state index in [0.29, 0.717) is 57.9 Å². The van der Waals surface area contributed by atoms with Crippen molar-refractivity contribution >= 4 is 22.5 Å². The molecule has 3 aliphatic rings. The zero-order valence-corrected chi connectivity index (χ0v) is 21.3. The molecular weight excluding hydrogens is 471 g/mol. The molecule has 0 unspecified atom stereocenters. The predicted molar refractivity (Wildman–Crippen MR) is 140 cm³/mol. The Kier molecular flexibility index (Phi) is 6.55. The van der Waals surface area contributed by atoms with E-state index in [1.807, 2.05) is 37.5 Å². The number of carbonyl (C=O) groups excluding carboxylic acids is 1. The highest BCUT2D eigenvalue weighted by Crippen LogP contribution is 2.49. The van der Waals surface area contributed by atoms with E-state index >= 15 is 0 Å². The number of nitrogens with zero attached hydrogens (tertiary/aromatic N) is 4. The summed E-state index contributed by atoms with van der Waals surface area (Å²) < 4.78 is 24.9. The Bertz CT molecular complexity index is 1310. The molecular formula is C29H33FN4O3. The third-order valence-electron chi connectivity index (χ3n) is 8.06. The molecule has 3 aliphatic heterocycles. The van der Waals surface area contributed by atoms with Gasteiger partial charge >= 0.3 is 0 Å². The summed E-state index contributed by atoms with van der Waals surface area (Å²) in [5, 5.41) is 1.04. The Morgan fingerprint density at radius 2 is 2.08 bits per heavy atom. The van der Waals surface area contributed by atoms with Gasteiger partial charge < -0.3 is 19.3 Å². The van der Waals surface area contributed by atoms with Crippen LogP contribution in [0.25, 0.3) is 10.9 Å². The number of benzene rings is 1. The average Bonchev–Trinajstić information content (AvgIpc) is 3.42. The fourth-order valence-corrected chi connectivity index (χ4v) is 6.12. The van der Waals surface area contributed by atoms with Crippen molar-refractivity contribution in [2.75, 3.05) is 51.4 Å². The molecule has 1 aromatic carbocycles. The summed E-state index contributed by atoms with van der Waals surface area (Å²) in [4.78, 5) is 26.7. The minimum absolute atomic E-state index is 0.145. The first kappa shape index (κ1) is 24.2. The molecule has 0 aliphatic carbocycles. The number of halogens is 1. The second-order valence-corrected chi connectivity index (χ2v) is 10.5. The van der Waals surface area contributed by atoms with Crippen molar-refractivity contribution in [3.8, 4) is 5.88 Å². The number of rotatable bonds is 7. The van der Waals surface area contributed by atoms with E-state index in [1.54, 1.807) is 4.90 Å². The van der Waals surface area contributed by atoms with E-state index in [0.717, 1.165) is 52.9 Å². The zero-order chi connectivity index (χ0) is 25.4. The molecule has 6 rings (SSSR count). The molecule has 0 bridgehead atoms. The molecule has 2 fully saturated rings. The van der Waals surface area contributed by atoms with Crippen LogP contribution in [0.1, 0.15) is 42.5 Å². The summed E-state index contributed by atoms with van der Waals surface area (Å²) >= 11 is 0. The van der Waals surface area contributed by atoms with Crippen molar-refractivity contribution in [1.29, 1.82) is 0 Å². The summed E-state index contributed by atoms with van der Waals surface area (Å²) in [5.41, 5.74) is 4.41. The van der Waals surface area contributed by atoms with Crippen LogP contribution >= 0.6 is 0 Å². The number of carbonyl (C=O) groups is 1. The van der Waals surface area contributed by atoms with Crippen LogP contribution in [0.5, 0.6) is 5.88 Å². The Morgan fingerprint density at radius 3 is 2.89 bits per heavy atom. The quantitative estimate of drug-likeness (QED) is 0.452. The van der Waals surface area contributed by atoms with E-state index in [-0.39, 0.29) is 5.91 Å². The van der Waals surface area contributed by atoms with Crippen molar-refractivity contribution in [3.63, 3.8) is 0 Å². The highest BCUT2D eigenvalue weighted by atomic mass is 19.1. The number of pyridine rings is 2. The van der Waals surface area contributed by atoms with Crippen molar-refractivity contribution in [3.05, 3.63) is 59.4 Å². The van der Waals surface area contributed by atoms with Gasteiger partial charge in [0.05, 0.1) is 29.4 Å². The summed E-state index contributed by atoms with van der Waals surface area (Å²) in [5.74, 6) is 0.755. The molecule has 3 aromatic rings. The number of alkyl halides is 1. The molecule has 0 saturated carbocycles. The summed E-state index contributed by atoms with van der Waals surface area (Å²) in [6.45, 7) is 3.96. The molecule has 194 valence electrons. The first-order valence-corrected chi connectivity index (χ1v) is 13.3. The summed E-state index contributed by atoms with van der Waals surface area (Å²) in [6, 6.07) is 12.2. The van der Waals surface area contributed by atoms with Gasteiger partial charge in [-0.2, -0.15) is 0 Å².